The summed E-state index contributed by atoms with van der Waals surface area (Å²) in [4.78, 5) is 21.2. The third-order valence-corrected chi connectivity index (χ3v) is 1.04. The second-order valence-electron chi connectivity index (χ2n) is 1.81. The molecule has 0 bridgehead atoms. The molecule has 0 rings (SSSR count). The lowest BCUT2D eigenvalue weighted by Gasteiger charge is -1.96. The first-order chi connectivity index (χ1) is 5.11. The Morgan fingerprint density at radius 3 is 2.09 bits per heavy atom. The smallest absolute Gasteiger partial charge is 0.378 e. The summed E-state index contributed by atoms with van der Waals surface area (Å²) < 4.78 is 8.82. The molecule has 62 valence electrons. The highest BCUT2D eigenvalue weighted by Gasteiger charge is 2.10. The van der Waals surface area contributed by atoms with Gasteiger partial charge in [0.1, 0.15) is 0 Å². The average Bonchev–Trinajstić information content (AvgIpc) is 2.02. The predicted molar refractivity (Wildman–Crippen MR) is 37.8 cm³/mol. The van der Waals surface area contributed by atoms with Gasteiger partial charge in [0.05, 0.1) is 20.0 Å². The molecule has 0 unspecified atom stereocenters. The minimum absolute atomic E-state index is 0.375. The Hall–Kier alpha value is -1.32. The molecule has 0 aliphatic rings. The van der Waals surface area contributed by atoms with Crippen molar-refractivity contribution in [3.05, 3.63) is 11.8 Å². The van der Waals surface area contributed by atoms with E-state index < -0.39 is 11.8 Å². The van der Waals surface area contributed by atoms with E-state index in [0.29, 0.717) is 5.76 Å². The van der Waals surface area contributed by atoms with Gasteiger partial charge in [-0.25, -0.2) is 4.79 Å². The molecule has 0 N–H and O–H groups in total. The van der Waals surface area contributed by atoms with E-state index in [-0.39, 0.29) is 0 Å². The second kappa shape index (κ2) is 4.49. The van der Waals surface area contributed by atoms with Crippen molar-refractivity contribution >= 4 is 11.8 Å². The number of allylic oxidation sites excluding steroid dienone is 1. The first kappa shape index (κ1) is 9.68. The number of methoxy groups -OCH3 is 2. The number of carbonyl (C=O) groups is 2. The van der Waals surface area contributed by atoms with Gasteiger partial charge >= 0.3 is 5.97 Å². The van der Waals surface area contributed by atoms with Crippen LogP contribution in [0.2, 0.25) is 0 Å². The molecule has 0 radical (unpaired) electrons. The van der Waals surface area contributed by atoms with Crippen molar-refractivity contribution < 1.29 is 19.1 Å². The van der Waals surface area contributed by atoms with Crippen molar-refractivity contribution in [1.82, 2.24) is 0 Å². The van der Waals surface area contributed by atoms with Crippen LogP contribution in [0.4, 0.5) is 0 Å². The predicted octanol–water partition coefficient (Wildman–Crippen LogP) is 0.279. The monoisotopic (exact) mass is 158 g/mol. The summed E-state index contributed by atoms with van der Waals surface area (Å²) in [6.07, 6.45) is 1.08. The highest BCUT2D eigenvalue weighted by Crippen LogP contribution is 1.93. The maximum absolute atomic E-state index is 10.7. The number of esters is 1. The minimum Gasteiger partial charge on any atom is -0.501 e. The van der Waals surface area contributed by atoms with E-state index in [1.807, 2.05) is 0 Å². The number of hydrogen-bond acceptors (Lipinski definition) is 4. The molecule has 0 atom stereocenters. The summed E-state index contributed by atoms with van der Waals surface area (Å²) in [5, 5.41) is 0. The number of ketones is 1. The van der Waals surface area contributed by atoms with Crippen LogP contribution in [-0.2, 0) is 19.1 Å². The summed E-state index contributed by atoms with van der Waals surface area (Å²) in [5.74, 6) is -1.23. The lowest BCUT2D eigenvalue weighted by atomic mass is 10.3. The van der Waals surface area contributed by atoms with Crippen molar-refractivity contribution in [2.75, 3.05) is 14.2 Å². The molecule has 0 amide bonds. The van der Waals surface area contributed by atoms with Crippen molar-refractivity contribution in [1.29, 1.82) is 0 Å². The normalized spacial score (nSPS) is 10.6. The van der Waals surface area contributed by atoms with Gasteiger partial charge in [-0.05, 0) is 6.92 Å². The van der Waals surface area contributed by atoms with Crippen LogP contribution in [0.15, 0.2) is 11.8 Å². The van der Waals surface area contributed by atoms with E-state index in [1.54, 1.807) is 6.92 Å². The van der Waals surface area contributed by atoms with E-state index in [2.05, 4.69) is 9.47 Å². The molecule has 0 heterocycles. The lowest BCUT2D eigenvalue weighted by molar-refractivity contribution is -0.149. The molecule has 0 fully saturated rings. The Balaban J connectivity index is 4.17. The molecule has 4 nitrogen and oxygen atoms in total. The van der Waals surface area contributed by atoms with Gasteiger partial charge in [0.25, 0.3) is 5.78 Å². The third kappa shape index (κ3) is 3.40. The standard InChI is InChI=1S/C7H10O4/c1-5(10-2)4-6(8)7(9)11-3/h4H,1-3H3/b5-4+. The van der Waals surface area contributed by atoms with Crippen LogP contribution in [0.5, 0.6) is 0 Å². The Morgan fingerprint density at radius 2 is 1.73 bits per heavy atom. The number of hydrogen-bond donors (Lipinski definition) is 0. The zero-order chi connectivity index (χ0) is 8.85. The van der Waals surface area contributed by atoms with Crippen molar-refractivity contribution in [2.45, 2.75) is 6.92 Å². The van der Waals surface area contributed by atoms with E-state index >= 15 is 0 Å². The number of ether oxygens (including phenoxy) is 2. The number of carbonyl (C=O) groups excluding carboxylic acids is 2. The Kier molecular flexibility index (Phi) is 3.95. The minimum atomic E-state index is -0.888. The molecule has 0 aliphatic carbocycles. The fraction of sp³-hybridized carbons (Fsp3) is 0.429. The van der Waals surface area contributed by atoms with Gasteiger partial charge in [0.15, 0.2) is 0 Å². The van der Waals surface area contributed by atoms with E-state index in [4.69, 9.17) is 0 Å². The lowest BCUT2D eigenvalue weighted by Crippen LogP contribution is -2.13. The molecule has 0 aliphatic heterocycles. The molecule has 0 spiro atoms. The van der Waals surface area contributed by atoms with Gasteiger partial charge in [-0.1, -0.05) is 0 Å². The van der Waals surface area contributed by atoms with Crippen LogP contribution < -0.4 is 0 Å². The maximum atomic E-state index is 10.7. The second-order valence-corrected chi connectivity index (χ2v) is 1.81. The SMILES string of the molecule is COC(=O)C(=O)/C=C(\C)OC. The van der Waals surface area contributed by atoms with Crippen LogP contribution in [0.1, 0.15) is 6.92 Å². The largest absolute Gasteiger partial charge is 0.501 e. The van der Waals surface area contributed by atoms with Crippen LogP contribution in [0, 0.1) is 0 Å². The van der Waals surface area contributed by atoms with Crippen molar-refractivity contribution in [3.63, 3.8) is 0 Å². The summed E-state index contributed by atoms with van der Waals surface area (Å²) in [6, 6.07) is 0. The molecule has 11 heavy (non-hydrogen) atoms. The van der Waals surface area contributed by atoms with Crippen LogP contribution in [0.25, 0.3) is 0 Å². The topological polar surface area (TPSA) is 52.6 Å². The van der Waals surface area contributed by atoms with Crippen molar-refractivity contribution in [3.8, 4) is 0 Å². The highest BCUT2D eigenvalue weighted by molar-refractivity contribution is 6.38. The quantitative estimate of drug-likeness (QED) is 0.256. The zero-order valence-corrected chi connectivity index (χ0v) is 6.71. The van der Waals surface area contributed by atoms with Gasteiger partial charge in [-0.3, -0.25) is 4.79 Å². The summed E-state index contributed by atoms with van der Waals surface area (Å²) in [7, 11) is 2.56. The first-order valence-corrected chi connectivity index (χ1v) is 2.96. The summed E-state index contributed by atoms with van der Waals surface area (Å²) >= 11 is 0. The fourth-order valence-electron chi connectivity index (χ4n) is 0.403. The highest BCUT2D eigenvalue weighted by atomic mass is 16.5. The molecule has 0 aromatic carbocycles. The summed E-state index contributed by atoms with van der Waals surface area (Å²) in [6.45, 7) is 1.57. The van der Waals surface area contributed by atoms with E-state index in [9.17, 15) is 9.59 Å². The molecule has 0 aromatic rings. The molecule has 4 heteroatoms. The molecule has 0 saturated carbocycles. The molecule has 0 saturated heterocycles. The molecule has 0 aromatic heterocycles. The number of rotatable bonds is 3. The van der Waals surface area contributed by atoms with Gasteiger partial charge in [0, 0.05) is 6.08 Å². The Morgan fingerprint density at radius 1 is 1.18 bits per heavy atom. The Labute approximate surface area is 64.8 Å². The Bertz CT molecular complexity index is 193. The van der Waals surface area contributed by atoms with Crippen LogP contribution >= 0.6 is 0 Å². The van der Waals surface area contributed by atoms with Gasteiger partial charge in [-0.15, -0.1) is 0 Å². The zero-order valence-electron chi connectivity index (χ0n) is 6.71. The van der Waals surface area contributed by atoms with Gasteiger partial charge in [0.2, 0.25) is 0 Å². The van der Waals surface area contributed by atoms with Gasteiger partial charge in [-0.2, -0.15) is 0 Å². The van der Waals surface area contributed by atoms with Gasteiger partial charge < -0.3 is 9.47 Å². The average molecular weight is 158 g/mol. The van der Waals surface area contributed by atoms with E-state index in [0.717, 1.165) is 13.2 Å². The molecular formula is C7H10O4. The van der Waals surface area contributed by atoms with Crippen LogP contribution in [-0.4, -0.2) is 26.0 Å². The maximum Gasteiger partial charge on any atom is 0.378 e. The van der Waals surface area contributed by atoms with Crippen LogP contribution in [0.3, 0.4) is 0 Å². The fourth-order valence-corrected chi connectivity index (χ4v) is 0.403. The third-order valence-electron chi connectivity index (χ3n) is 1.04. The van der Waals surface area contributed by atoms with E-state index in [1.165, 1.54) is 7.11 Å². The first-order valence-electron chi connectivity index (χ1n) is 2.96. The van der Waals surface area contributed by atoms with Crippen molar-refractivity contribution in [2.24, 2.45) is 0 Å². The summed E-state index contributed by atoms with van der Waals surface area (Å²) in [5.41, 5.74) is 0. The molecular weight excluding hydrogens is 148 g/mol.